The monoisotopic (exact) mass is 326 g/mol. The van der Waals surface area contributed by atoms with Crippen molar-refractivity contribution in [3.8, 4) is 5.75 Å². The SMILES string of the molecule is Cc1ccc(OCCC(=O)OCC(=O)c2cc(C)ccc2C)cc1. The van der Waals surface area contributed by atoms with E-state index in [0.29, 0.717) is 11.3 Å². The van der Waals surface area contributed by atoms with E-state index in [2.05, 4.69) is 0 Å². The van der Waals surface area contributed by atoms with Crippen molar-refractivity contribution in [3.05, 3.63) is 64.7 Å². The van der Waals surface area contributed by atoms with Crippen LogP contribution in [0, 0.1) is 20.8 Å². The van der Waals surface area contributed by atoms with Gasteiger partial charge in [-0.3, -0.25) is 9.59 Å². The Morgan fingerprint density at radius 3 is 2.29 bits per heavy atom. The maximum atomic E-state index is 12.1. The number of hydrogen-bond acceptors (Lipinski definition) is 4. The molecule has 0 saturated heterocycles. The average molecular weight is 326 g/mol. The predicted octanol–water partition coefficient (Wildman–Crippen LogP) is 3.81. The lowest BCUT2D eigenvalue weighted by Crippen LogP contribution is -2.17. The lowest BCUT2D eigenvalue weighted by atomic mass is 10.0. The lowest BCUT2D eigenvalue weighted by Gasteiger charge is -2.08. The van der Waals surface area contributed by atoms with E-state index in [1.807, 2.05) is 63.2 Å². The number of ketones is 1. The molecule has 0 aliphatic heterocycles. The Hall–Kier alpha value is -2.62. The van der Waals surface area contributed by atoms with E-state index in [1.165, 1.54) is 0 Å². The minimum absolute atomic E-state index is 0.105. The molecule has 2 aromatic carbocycles. The number of carbonyl (C=O) groups excluding carboxylic acids is 2. The fraction of sp³-hybridized carbons (Fsp3) is 0.300. The lowest BCUT2D eigenvalue weighted by molar-refractivity contribution is -0.143. The molecule has 0 aromatic heterocycles. The Morgan fingerprint density at radius 2 is 1.58 bits per heavy atom. The van der Waals surface area contributed by atoms with Gasteiger partial charge in [0.1, 0.15) is 5.75 Å². The van der Waals surface area contributed by atoms with Crippen LogP contribution in [0.4, 0.5) is 0 Å². The van der Waals surface area contributed by atoms with Crippen LogP contribution < -0.4 is 4.74 Å². The van der Waals surface area contributed by atoms with Gasteiger partial charge >= 0.3 is 5.97 Å². The predicted molar refractivity (Wildman–Crippen MR) is 92.5 cm³/mol. The van der Waals surface area contributed by atoms with Gasteiger partial charge < -0.3 is 9.47 Å². The van der Waals surface area contributed by atoms with Crippen LogP contribution in [-0.2, 0) is 9.53 Å². The summed E-state index contributed by atoms with van der Waals surface area (Å²) in [6, 6.07) is 13.2. The number of carbonyl (C=O) groups is 2. The zero-order valence-corrected chi connectivity index (χ0v) is 14.3. The van der Waals surface area contributed by atoms with Gasteiger partial charge in [-0.2, -0.15) is 0 Å². The van der Waals surface area contributed by atoms with Crippen LogP contribution in [-0.4, -0.2) is 25.0 Å². The Kier molecular flexibility index (Phi) is 6.13. The largest absolute Gasteiger partial charge is 0.493 e. The van der Waals surface area contributed by atoms with E-state index < -0.39 is 5.97 Å². The second-order valence-corrected chi connectivity index (χ2v) is 5.81. The standard InChI is InChI=1S/C20H22O4/c1-14-5-8-17(9-6-14)23-11-10-20(22)24-13-19(21)18-12-15(2)4-7-16(18)3/h4-9,12H,10-11,13H2,1-3H3. The van der Waals surface area contributed by atoms with Crippen molar-refractivity contribution >= 4 is 11.8 Å². The Morgan fingerprint density at radius 1 is 0.917 bits per heavy atom. The molecule has 2 rings (SSSR count). The Balaban J connectivity index is 1.75. The number of benzene rings is 2. The minimum Gasteiger partial charge on any atom is -0.493 e. The summed E-state index contributed by atoms with van der Waals surface area (Å²) in [5.74, 6) is 0.0737. The van der Waals surface area contributed by atoms with Gasteiger partial charge in [-0.1, -0.05) is 35.4 Å². The number of aryl methyl sites for hydroxylation is 3. The molecule has 0 amide bonds. The molecule has 0 heterocycles. The zero-order valence-electron chi connectivity index (χ0n) is 14.3. The highest BCUT2D eigenvalue weighted by Crippen LogP contribution is 2.13. The average Bonchev–Trinajstić information content (AvgIpc) is 2.56. The van der Waals surface area contributed by atoms with Gasteiger partial charge in [-0.25, -0.2) is 0 Å². The van der Waals surface area contributed by atoms with E-state index in [9.17, 15) is 9.59 Å². The fourth-order valence-electron chi connectivity index (χ4n) is 2.22. The highest BCUT2D eigenvalue weighted by atomic mass is 16.5. The Labute approximate surface area is 142 Å². The molecule has 0 bridgehead atoms. The summed E-state index contributed by atoms with van der Waals surface area (Å²) in [5, 5.41) is 0. The molecular formula is C20H22O4. The molecule has 4 heteroatoms. The van der Waals surface area contributed by atoms with Gasteiger partial charge in [0.25, 0.3) is 0 Å². The Bertz CT molecular complexity index is 717. The normalized spacial score (nSPS) is 10.3. The van der Waals surface area contributed by atoms with Crippen molar-refractivity contribution < 1.29 is 19.1 Å². The van der Waals surface area contributed by atoms with Crippen molar-refractivity contribution in [2.75, 3.05) is 13.2 Å². The van der Waals surface area contributed by atoms with Gasteiger partial charge in [-0.15, -0.1) is 0 Å². The number of esters is 1. The van der Waals surface area contributed by atoms with Crippen molar-refractivity contribution in [1.82, 2.24) is 0 Å². The molecule has 0 fully saturated rings. The minimum atomic E-state index is -0.444. The van der Waals surface area contributed by atoms with E-state index in [0.717, 1.165) is 16.7 Å². The zero-order chi connectivity index (χ0) is 17.5. The summed E-state index contributed by atoms with van der Waals surface area (Å²) in [4.78, 5) is 23.9. The molecule has 0 spiro atoms. The second kappa shape index (κ2) is 8.29. The maximum Gasteiger partial charge on any atom is 0.309 e. The third-order valence-electron chi connectivity index (χ3n) is 3.65. The first-order chi connectivity index (χ1) is 11.5. The third-order valence-corrected chi connectivity index (χ3v) is 3.65. The molecule has 126 valence electrons. The second-order valence-electron chi connectivity index (χ2n) is 5.81. The fourth-order valence-corrected chi connectivity index (χ4v) is 2.22. The summed E-state index contributed by atoms with van der Waals surface area (Å²) in [6.07, 6.45) is 0.105. The smallest absolute Gasteiger partial charge is 0.309 e. The van der Waals surface area contributed by atoms with Crippen molar-refractivity contribution in [3.63, 3.8) is 0 Å². The number of ether oxygens (including phenoxy) is 2. The molecular weight excluding hydrogens is 304 g/mol. The maximum absolute atomic E-state index is 12.1. The van der Waals surface area contributed by atoms with Gasteiger partial charge in [-0.05, 0) is 44.5 Å². The highest BCUT2D eigenvalue weighted by molar-refractivity contribution is 5.99. The summed E-state index contributed by atoms with van der Waals surface area (Å²) < 4.78 is 10.5. The topological polar surface area (TPSA) is 52.6 Å². The molecule has 4 nitrogen and oxygen atoms in total. The van der Waals surface area contributed by atoms with E-state index in [-0.39, 0.29) is 25.4 Å². The first-order valence-corrected chi connectivity index (χ1v) is 7.91. The van der Waals surface area contributed by atoms with Gasteiger partial charge in [0.05, 0.1) is 13.0 Å². The van der Waals surface area contributed by atoms with Crippen LogP contribution in [0.1, 0.15) is 33.5 Å². The van der Waals surface area contributed by atoms with E-state index >= 15 is 0 Å². The number of Topliss-reactive ketones (excluding diaryl/α,β-unsaturated/α-hetero) is 1. The number of hydrogen-bond donors (Lipinski definition) is 0. The van der Waals surface area contributed by atoms with E-state index in [1.54, 1.807) is 0 Å². The summed E-state index contributed by atoms with van der Waals surface area (Å²) in [6.45, 7) is 5.76. The van der Waals surface area contributed by atoms with Gasteiger partial charge in [0.2, 0.25) is 5.78 Å². The van der Waals surface area contributed by atoms with Crippen LogP contribution in [0.3, 0.4) is 0 Å². The van der Waals surface area contributed by atoms with Crippen LogP contribution in [0.15, 0.2) is 42.5 Å². The van der Waals surface area contributed by atoms with Crippen LogP contribution in [0.2, 0.25) is 0 Å². The summed E-state index contributed by atoms with van der Waals surface area (Å²) in [7, 11) is 0. The first-order valence-electron chi connectivity index (χ1n) is 7.91. The molecule has 0 atom stereocenters. The number of rotatable bonds is 7. The molecule has 0 aliphatic rings. The quantitative estimate of drug-likeness (QED) is 0.573. The molecule has 0 aliphatic carbocycles. The van der Waals surface area contributed by atoms with Crippen LogP contribution in [0.25, 0.3) is 0 Å². The van der Waals surface area contributed by atoms with Crippen molar-refractivity contribution in [2.45, 2.75) is 27.2 Å². The molecule has 0 radical (unpaired) electrons. The van der Waals surface area contributed by atoms with Crippen molar-refractivity contribution in [2.24, 2.45) is 0 Å². The summed E-state index contributed by atoms with van der Waals surface area (Å²) >= 11 is 0. The molecule has 0 saturated carbocycles. The van der Waals surface area contributed by atoms with Crippen molar-refractivity contribution in [1.29, 1.82) is 0 Å². The van der Waals surface area contributed by atoms with Crippen LogP contribution in [0.5, 0.6) is 5.75 Å². The first kappa shape index (κ1) is 17.7. The van der Waals surface area contributed by atoms with Crippen LogP contribution >= 0.6 is 0 Å². The molecule has 24 heavy (non-hydrogen) atoms. The highest BCUT2D eigenvalue weighted by Gasteiger charge is 2.12. The molecule has 2 aromatic rings. The third kappa shape index (κ3) is 5.23. The molecule has 0 N–H and O–H groups in total. The van der Waals surface area contributed by atoms with E-state index in [4.69, 9.17) is 9.47 Å². The van der Waals surface area contributed by atoms with Gasteiger partial charge in [0.15, 0.2) is 6.61 Å². The molecule has 0 unspecified atom stereocenters. The summed E-state index contributed by atoms with van der Waals surface area (Å²) in [5.41, 5.74) is 3.62. The van der Waals surface area contributed by atoms with Gasteiger partial charge in [0, 0.05) is 5.56 Å².